The molecule has 1 fully saturated rings. The lowest BCUT2D eigenvalue weighted by atomic mass is 10.2. The topological polar surface area (TPSA) is 54.5 Å². The Hall–Kier alpha value is -2.14. The highest BCUT2D eigenvalue weighted by atomic mass is 16.5. The number of nitrogens with zero attached hydrogens (tertiary/aromatic N) is 2. The zero-order valence-corrected chi connectivity index (χ0v) is 13.5. The molecule has 1 amide bonds. The van der Waals surface area contributed by atoms with E-state index in [4.69, 9.17) is 4.74 Å². The molecule has 0 radical (unpaired) electrons. The number of amides is 1. The molecule has 23 heavy (non-hydrogen) atoms. The van der Waals surface area contributed by atoms with E-state index in [-0.39, 0.29) is 5.91 Å². The van der Waals surface area contributed by atoms with Crippen LogP contribution in [0, 0.1) is 0 Å². The lowest BCUT2D eigenvalue weighted by Crippen LogP contribution is -2.36. The van der Waals surface area contributed by atoms with Gasteiger partial charge in [-0.1, -0.05) is 18.2 Å². The zero-order valence-electron chi connectivity index (χ0n) is 13.5. The predicted octanol–water partition coefficient (Wildman–Crippen LogP) is 2.21. The first kappa shape index (κ1) is 15.7. The van der Waals surface area contributed by atoms with Crippen LogP contribution in [0.2, 0.25) is 0 Å². The highest BCUT2D eigenvalue weighted by Crippen LogP contribution is 2.24. The summed E-state index contributed by atoms with van der Waals surface area (Å²) in [5, 5.41) is 4.01. The number of fused-ring (bicyclic) bond motifs is 1. The van der Waals surface area contributed by atoms with Crippen molar-refractivity contribution in [3.05, 3.63) is 36.5 Å². The molecule has 1 N–H and O–H groups in total. The van der Waals surface area contributed by atoms with Crippen molar-refractivity contribution >= 4 is 16.8 Å². The van der Waals surface area contributed by atoms with Gasteiger partial charge in [0.1, 0.15) is 11.3 Å². The van der Waals surface area contributed by atoms with Crippen molar-refractivity contribution in [1.29, 1.82) is 0 Å². The van der Waals surface area contributed by atoms with Gasteiger partial charge in [0, 0.05) is 24.2 Å². The van der Waals surface area contributed by atoms with Gasteiger partial charge in [-0.25, -0.2) is 0 Å². The molecule has 1 heterocycles. The molecule has 0 spiro atoms. The number of para-hydroxylation sites is 1. The number of hydrogen-bond donors (Lipinski definition) is 1. The van der Waals surface area contributed by atoms with E-state index in [9.17, 15) is 4.79 Å². The van der Waals surface area contributed by atoms with Crippen LogP contribution in [0.5, 0.6) is 5.75 Å². The maximum Gasteiger partial charge on any atom is 0.234 e. The quantitative estimate of drug-likeness (QED) is 0.759. The molecule has 122 valence electrons. The Kier molecular flexibility index (Phi) is 5.08. The summed E-state index contributed by atoms with van der Waals surface area (Å²) in [6.07, 6.45) is 4.99. The number of hydrogen-bond acceptors (Lipinski definition) is 4. The summed E-state index contributed by atoms with van der Waals surface area (Å²) in [5.74, 6) is 0.883. The van der Waals surface area contributed by atoms with E-state index in [1.807, 2.05) is 37.4 Å². The first-order chi connectivity index (χ1) is 11.2. The molecule has 5 heteroatoms. The van der Waals surface area contributed by atoms with Crippen LogP contribution in [-0.4, -0.2) is 48.6 Å². The Morgan fingerprint density at radius 2 is 2.17 bits per heavy atom. The summed E-state index contributed by atoms with van der Waals surface area (Å²) in [6.45, 7) is 1.68. The van der Waals surface area contributed by atoms with Crippen LogP contribution >= 0.6 is 0 Å². The molecular weight excluding hydrogens is 290 g/mol. The van der Waals surface area contributed by atoms with Gasteiger partial charge in [-0.15, -0.1) is 0 Å². The van der Waals surface area contributed by atoms with E-state index in [1.165, 1.54) is 12.8 Å². The Balaban J connectivity index is 1.38. The van der Waals surface area contributed by atoms with Crippen molar-refractivity contribution < 1.29 is 9.53 Å². The van der Waals surface area contributed by atoms with Crippen LogP contribution in [0.1, 0.15) is 19.3 Å². The minimum absolute atomic E-state index is 0.0891. The SMILES string of the molecule is CN(CC(=O)NCCCOc1cccc2cccnc12)C1CC1. The maximum absolute atomic E-state index is 11.8. The first-order valence-corrected chi connectivity index (χ1v) is 8.17. The highest BCUT2D eigenvalue weighted by molar-refractivity contribution is 5.84. The van der Waals surface area contributed by atoms with Crippen LogP contribution < -0.4 is 10.1 Å². The number of carbonyl (C=O) groups is 1. The van der Waals surface area contributed by atoms with Crippen molar-refractivity contribution in [2.45, 2.75) is 25.3 Å². The fraction of sp³-hybridized carbons (Fsp3) is 0.444. The van der Waals surface area contributed by atoms with Crippen molar-refractivity contribution in [3.8, 4) is 5.75 Å². The number of rotatable bonds is 8. The molecular formula is C18H23N3O2. The van der Waals surface area contributed by atoms with E-state index in [0.717, 1.165) is 23.1 Å². The Morgan fingerprint density at radius 1 is 1.35 bits per heavy atom. The average molecular weight is 313 g/mol. The smallest absolute Gasteiger partial charge is 0.234 e. The molecule has 1 aromatic heterocycles. The molecule has 3 rings (SSSR count). The van der Waals surface area contributed by atoms with Crippen molar-refractivity contribution in [2.75, 3.05) is 26.7 Å². The molecule has 0 bridgehead atoms. The Bertz CT molecular complexity index is 665. The van der Waals surface area contributed by atoms with Crippen LogP contribution in [0.25, 0.3) is 10.9 Å². The van der Waals surface area contributed by atoms with Crippen molar-refractivity contribution in [3.63, 3.8) is 0 Å². The molecule has 1 aromatic carbocycles. The van der Waals surface area contributed by atoms with Gasteiger partial charge < -0.3 is 10.1 Å². The Morgan fingerprint density at radius 3 is 3.00 bits per heavy atom. The molecule has 1 aliphatic rings. The van der Waals surface area contributed by atoms with Gasteiger partial charge in [-0.2, -0.15) is 0 Å². The third-order valence-corrected chi connectivity index (χ3v) is 4.06. The molecule has 0 atom stereocenters. The van der Waals surface area contributed by atoms with Gasteiger partial charge in [0.25, 0.3) is 0 Å². The molecule has 5 nitrogen and oxygen atoms in total. The van der Waals surface area contributed by atoms with Gasteiger partial charge >= 0.3 is 0 Å². The van der Waals surface area contributed by atoms with Gasteiger partial charge in [0.15, 0.2) is 0 Å². The highest BCUT2D eigenvalue weighted by Gasteiger charge is 2.26. The van der Waals surface area contributed by atoms with Crippen LogP contribution in [0.3, 0.4) is 0 Å². The van der Waals surface area contributed by atoms with E-state index in [1.54, 1.807) is 6.20 Å². The number of likely N-dealkylation sites (N-methyl/N-ethyl adjacent to an activating group) is 1. The third-order valence-electron chi connectivity index (χ3n) is 4.06. The van der Waals surface area contributed by atoms with E-state index in [2.05, 4.69) is 15.2 Å². The number of nitrogens with one attached hydrogen (secondary N) is 1. The van der Waals surface area contributed by atoms with Crippen LogP contribution in [-0.2, 0) is 4.79 Å². The largest absolute Gasteiger partial charge is 0.491 e. The van der Waals surface area contributed by atoms with Gasteiger partial charge in [0.2, 0.25) is 5.91 Å². The summed E-state index contributed by atoms with van der Waals surface area (Å²) in [6, 6.07) is 10.5. The second-order valence-electron chi connectivity index (χ2n) is 6.03. The van der Waals surface area contributed by atoms with Gasteiger partial charge in [-0.3, -0.25) is 14.7 Å². The number of ether oxygens (including phenoxy) is 1. The van der Waals surface area contributed by atoms with Crippen molar-refractivity contribution in [2.24, 2.45) is 0 Å². The minimum atomic E-state index is 0.0891. The summed E-state index contributed by atoms with van der Waals surface area (Å²) >= 11 is 0. The Labute approximate surface area is 136 Å². The summed E-state index contributed by atoms with van der Waals surface area (Å²) < 4.78 is 5.81. The van der Waals surface area contributed by atoms with Gasteiger partial charge in [-0.05, 0) is 38.4 Å². The third kappa shape index (κ3) is 4.42. The molecule has 1 saturated carbocycles. The summed E-state index contributed by atoms with van der Waals surface area (Å²) in [7, 11) is 2.01. The second kappa shape index (κ2) is 7.42. The lowest BCUT2D eigenvalue weighted by molar-refractivity contribution is -0.122. The fourth-order valence-electron chi connectivity index (χ4n) is 2.60. The molecule has 0 saturated heterocycles. The summed E-state index contributed by atoms with van der Waals surface area (Å²) in [5.41, 5.74) is 0.880. The zero-order chi connectivity index (χ0) is 16.1. The van der Waals surface area contributed by atoms with E-state index >= 15 is 0 Å². The molecule has 0 aliphatic heterocycles. The average Bonchev–Trinajstić information content (AvgIpc) is 3.39. The van der Waals surface area contributed by atoms with E-state index < -0.39 is 0 Å². The second-order valence-corrected chi connectivity index (χ2v) is 6.03. The van der Waals surface area contributed by atoms with Crippen LogP contribution in [0.4, 0.5) is 0 Å². The number of aromatic nitrogens is 1. The number of benzene rings is 1. The normalized spacial score (nSPS) is 14.2. The molecule has 2 aromatic rings. The monoisotopic (exact) mass is 313 g/mol. The fourth-order valence-corrected chi connectivity index (χ4v) is 2.60. The maximum atomic E-state index is 11.8. The van der Waals surface area contributed by atoms with E-state index in [0.29, 0.717) is 25.7 Å². The number of carbonyl (C=O) groups excluding carboxylic acids is 1. The number of pyridine rings is 1. The predicted molar refractivity (Wildman–Crippen MR) is 90.5 cm³/mol. The first-order valence-electron chi connectivity index (χ1n) is 8.17. The standard InChI is InChI=1S/C18H23N3O2/c1-21(15-8-9-15)13-17(22)19-11-4-12-23-16-7-2-5-14-6-3-10-20-18(14)16/h2-3,5-7,10,15H,4,8-9,11-13H2,1H3,(H,19,22). The molecule has 0 unspecified atom stereocenters. The minimum Gasteiger partial charge on any atom is -0.491 e. The lowest BCUT2D eigenvalue weighted by Gasteiger charge is -2.15. The van der Waals surface area contributed by atoms with Crippen molar-refractivity contribution in [1.82, 2.24) is 15.2 Å². The van der Waals surface area contributed by atoms with Gasteiger partial charge in [0.05, 0.1) is 13.2 Å². The molecule has 1 aliphatic carbocycles. The van der Waals surface area contributed by atoms with Crippen LogP contribution in [0.15, 0.2) is 36.5 Å². The summed E-state index contributed by atoms with van der Waals surface area (Å²) in [4.78, 5) is 18.3.